The minimum absolute atomic E-state index is 0. The molecule has 8 nitrogen and oxygen atoms in total. The van der Waals surface area contributed by atoms with Crippen LogP contribution in [0.5, 0.6) is 5.75 Å². The molecular formula is C8H15N3O5Pt. The number of nitrogens with zero attached hydrogens (tertiary/aromatic N) is 1. The maximum absolute atomic E-state index is 11.2. The molecule has 0 fully saturated rings. The molecule has 0 aliphatic heterocycles. The van der Waals surface area contributed by atoms with E-state index in [9.17, 15) is 9.90 Å². The summed E-state index contributed by atoms with van der Waals surface area (Å²) in [7, 11) is 0. The Bertz CT molecular complexity index is 361. The van der Waals surface area contributed by atoms with E-state index in [0.29, 0.717) is 0 Å². The van der Waals surface area contributed by atoms with Crippen LogP contribution in [-0.4, -0.2) is 26.6 Å². The van der Waals surface area contributed by atoms with Crippen molar-refractivity contribution < 1.29 is 46.7 Å². The van der Waals surface area contributed by atoms with Crippen molar-refractivity contribution in [3.8, 4) is 5.75 Å². The van der Waals surface area contributed by atoms with Crippen molar-refractivity contribution >= 4 is 5.97 Å². The van der Waals surface area contributed by atoms with Gasteiger partial charge in [0.15, 0.2) is 0 Å². The molecule has 0 atom stereocenters. The third-order valence-electron chi connectivity index (χ3n) is 1.68. The zero-order valence-electron chi connectivity index (χ0n) is 9.12. The summed E-state index contributed by atoms with van der Waals surface area (Å²) in [5, 5.41) is 28.6. The summed E-state index contributed by atoms with van der Waals surface area (Å²) in [4.78, 5) is 14.3. The SMILES string of the molecule is Cc1ncc(CO)c(C(=O)O)c1[O-].N.N.[OH-].[Pt+2]. The Kier molecular flexibility index (Phi) is 14.9. The molecule has 1 heterocycles. The fourth-order valence-electron chi connectivity index (χ4n) is 0.979. The van der Waals surface area contributed by atoms with Gasteiger partial charge < -0.3 is 33.1 Å². The Labute approximate surface area is 112 Å². The second kappa shape index (κ2) is 10.1. The Balaban J connectivity index is -0.000000211. The molecular weight excluding hydrogens is 413 g/mol. The van der Waals surface area contributed by atoms with Gasteiger partial charge in [-0.15, -0.1) is 0 Å². The molecule has 1 aromatic rings. The monoisotopic (exact) mass is 428 g/mol. The fourth-order valence-corrected chi connectivity index (χ4v) is 0.979. The van der Waals surface area contributed by atoms with Crippen molar-refractivity contribution in [2.24, 2.45) is 0 Å². The molecule has 0 amide bonds. The quantitative estimate of drug-likeness (QED) is 0.497. The van der Waals surface area contributed by atoms with E-state index in [1.54, 1.807) is 0 Å². The van der Waals surface area contributed by atoms with Crippen LogP contribution in [0.15, 0.2) is 6.20 Å². The van der Waals surface area contributed by atoms with Crippen LogP contribution in [0.2, 0.25) is 0 Å². The van der Waals surface area contributed by atoms with E-state index in [4.69, 9.17) is 10.2 Å². The number of aryl methyl sites for hydroxylation is 1. The number of aliphatic hydroxyl groups is 1. The van der Waals surface area contributed by atoms with Crippen LogP contribution in [0.25, 0.3) is 0 Å². The first-order chi connectivity index (χ1) is 6.07. The van der Waals surface area contributed by atoms with E-state index in [1.165, 1.54) is 13.1 Å². The number of carboxylic acids is 1. The number of pyridine rings is 1. The number of carboxylic acid groups (broad SMARTS) is 1. The van der Waals surface area contributed by atoms with Crippen molar-refractivity contribution in [2.75, 3.05) is 0 Å². The Morgan fingerprint density at radius 1 is 1.47 bits per heavy atom. The van der Waals surface area contributed by atoms with Gasteiger partial charge >= 0.3 is 27.0 Å². The Morgan fingerprint density at radius 3 is 2.29 bits per heavy atom. The summed E-state index contributed by atoms with van der Waals surface area (Å²) in [5.74, 6) is -1.97. The van der Waals surface area contributed by atoms with Crippen molar-refractivity contribution in [3.05, 3.63) is 23.0 Å². The van der Waals surface area contributed by atoms with E-state index in [2.05, 4.69) is 4.98 Å². The third-order valence-corrected chi connectivity index (χ3v) is 1.68. The van der Waals surface area contributed by atoms with Crippen LogP contribution in [0.1, 0.15) is 21.6 Å². The summed E-state index contributed by atoms with van der Waals surface area (Å²) in [5.41, 5.74) is -0.229. The van der Waals surface area contributed by atoms with Crippen LogP contribution in [0.4, 0.5) is 0 Å². The van der Waals surface area contributed by atoms with Crippen LogP contribution in [0, 0.1) is 6.92 Å². The zero-order valence-corrected chi connectivity index (χ0v) is 11.4. The molecule has 1 aromatic heterocycles. The van der Waals surface area contributed by atoms with Gasteiger partial charge in [0.2, 0.25) is 0 Å². The Hall–Kier alpha value is -1.05. The molecule has 0 aliphatic carbocycles. The average molecular weight is 428 g/mol. The molecule has 1 rings (SSSR count). The number of aliphatic hydroxyl groups excluding tert-OH is 1. The molecule has 9 N–H and O–H groups in total. The molecule has 0 unspecified atom stereocenters. The van der Waals surface area contributed by atoms with Gasteiger partial charge in [0.1, 0.15) is 0 Å². The summed E-state index contributed by atoms with van der Waals surface area (Å²) in [6.45, 7) is 0.931. The first-order valence-corrected chi connectivity index (χ1v) is 3.57. The van der Waals surface area contributed by atoms with Gasteiger partial charge in [-0.05, 0) is 6.92 Å². The van der Waals surface area contributed by atoms with Gasteiger partial charge in [0, 0.05) is 17.5 Å². The maximum Gasteiger partial charge on any atom is 2.00 e. The van der Waals surface area contributed by atoms with Crippen molar-refractivity contribution in [3.63, 3.8) is 0 Å². The molecule has 0 aromatic carbocycles. The van der Waals surface area contributed by atoms with Crippen LogP contribution in [-0.2, 0) is 27.7 Å². The van der Waals surface area contributed by atoms with Gasteiger partial charge in [0.25, 0.3) is 0 Å². The van der Waals surface area contributed by atoms with Crippen LogP contribution < -0.4 is 17.4 Å². The predicted octanol–water partition coefficient (Wildman–Crippen LogP) is -0.201. The predicted molar refractivity (Wildman–Crippen MR) is 53.3 cm³/mol. The summed E-state index contributed by atoms with van der Waals surface area (Å²) < 4.78 is 0. The molecule has 0 aliphatic rings. The molecule has 0 saturated heterocycles. The summed E-state index contributed by atoms with van der Waals surface area (Å²) in [6, 6.07) is 0. The first kappa shape index (κ1) is 25.0. The third kappa shape index (κ3) is 5.20. The van der Waals surface area contributed by atoms with Gasteiger partial charge in [-0.3, -0.25) is 4.98 Å². The zero-order chi connectivity index (χ0) is 10.0. The smallest absolute Gasteiger partial charge is 0.871 e. The second-order valence-corrected chi connectivity index (χ2v) is 2.54. The number of aromatic carboxylic acids is 1. The van der Waals surface area contributed by atoms with Crippen molar-refractivity contribution in [1.82, 2.24) is 17.3 Å². The van der Waals surface area contributed by atoms with Gasteiger partial charge in [0.05, 0.1) is 12.2 Å². The van der Waals surface area contributed by atoms with Crippen LogP contribution in [0.3, 0.4) is 0 Å². The topological polar surface area (TPSA) is 193 Å². The molecule has 102 valence electrons. The van der Waals surface area contributed by atoms with E-state index in [1.807, 2.05) is 0 Å². The van der Waals surface area contributed by atoms with E-state index in [0.717, 1.165) is 0 Å². The van der Waals surface area contributed by atoms with E-state index >= 15 is 0 Å². The normalized spacial score (nSPS) is 7.65. The van der Waals surface area contributed by atoms with Crippen molar-refractivity contribution in [2.45, 2.75) is 13.5 Å². The van der Waals surface area contributed by atoms with E-state index < -0.39 is 23.9 Å². The minimum Gasteiger partial charge on any atom is -0.871 e. The first-order valence-electron chi connectivity index (χ1n) is 3.57. The van der Waals surface area contributed by atoms with E-state index in [-0.39, 0.29) is 50.1 Å². The standard InChI is InChI=1S/C8H9NO4.2H3N.H2O.Pt/c1-4-7(11)6(8(12)13)5(3-10)2-9-4;;;;/h2,10-11H,3H2,1H3,(H,12,13);2*1H3;1H2;/q;;;;+2/p-2. The van der Waals surface area contributed by atoms with Gasteiger partial charge in [-0.25, -0.2) is 4.79 Å². The molecule has 0 saturated carbocycles. The number of carbonyl (C=O) groups is 1. The molecule has 0 bridgehead atoms. The molecule has 17 heavy (non-hydrogen) atoms. The molecule has 9 heteroatoms. The van der Waals surface area contributed by atoms with Crippen LogP contribution >= 0.6 is 0 Å². The number of hydrogen-bond donors (Lipinski definition) is 4. The molecule has 0 spiro atoms. The second-order valence-electron chi connectivity index (χ2n) is 2.54. The summed E-state index contributed by atoms with van der Waals surface area (Å²) >= 11 is 0. The average Bonchev–Trinajstić information content (AvgIpc) is 2.08. The largest absolute Gasteiger partial charge is 2.00 e. The van der Waals surface area contributed by atoms with Crippen molar-refractivity contribution in [1.29, 1.82) is 0 Å². The van der Waals surface area contributed by atoms with Gasteiger partial charge in [-0.2, -0.15) is 0 Å². The minimum atomic E-state index is -1.33. The number of hydrogen-bond acceptors (Lipinski definition) is 7. The fraction of sp³-hybridized carbons (Fsp3) is 0.250. The number of aromatic nitrogens is 1. The maximum atomic E-state index is 11.2. The summed E-state index contributed by atoms with van der Waals surface area (Å²) in [6.07, 6.45) is 1.19. The van der Waals surface area contributed by atoms with Gasteiger partial charge in [-0.1, -0.05) is 5.75 Å². The molecule has 0 radical (unpaired) electrons. The Morgan fingerprint density at radius 2 is 1.94 bits per heavy atom. The number of rotatable bonds is 2.